The molecule has 0 N–H and O–H groups in total. The molecule has 19 heavy (non-hydrogen) atoms. The molecular weight excluding hydrogens is 244 g/mol. The molecule has 100 valence electrons. The van der Waals surface area contributed by atoms with E-state index in [-0.39, 0.29) is 18.2 Å². The predicted molar refractivity (Wildman–Crippen MR) is 69.8 cm³/mol. The van der Waals surface area contributed by atoms with E-state index in [0.29, 0.717) is 5.56 Å². The van der Waals surface area contributed by atoms with Gasteiger partial charge in [-0.05, 0) is 26.0 Å². The molecule has 1 aromatic rings. The van der Waals surface area contributed by atoms with Crippen LogP contribution in [-0.2, 0) is 14.3 Å². The third-order valence-corrected chi connectivity index (χ3v) is 2.78. The average molecular weight is 260 g/mol. The van der Waals surface area contributed by atoms with Crippen molar-refractivity contribution >= 4 is 11.6 Å². The van der Waals surface area contributed by atoms with E-state index in [9.17, 15) is 9.59 Å². The van der Waals surface area contributed by atoms with Gasteiger partial charge in [-0.1, -0.05) is 30.3 Å². The van der Waals surface area contributed by atoms with E-state index in [1.165, 1.54) is 12.2 Å². The average Bonchev–Trinajstić information content (AvgIpc) is 2.77. The first kappa shape index (κ1) is 13.6. The molecule has 0 spiro atoms. The van der Waals surface area contributed by atoms with Crippen LogP contribution in [0.5, 0.6) is 0 Å². The van der Waals surface area contributed by atoms with Crippen molar-refractivity contribution in [1.82, 2.24) is 0 Å². The van der Waals surface area contributed by atoms with E-state index < -0.39 is 11.9 Å². The van der Waals surface area contributed by atoms with Gasteiger partial charge in [-0.15, -0.1) is 0 Å². The molecule has 4 heteroatoms. The molecule has 1 saturated heterocycles. The van der Waals surface area contributed by atoms with Crippen molar-refractivity contribution in [3.63, 3.8) is 0 Å². The quantitative estimate of drug-likeness (QED) is 0.615. The summed E-state index contributed by atoms with van der Waals surface area (Å²) in [7, 11) is 0. The van der Waals surface area contributed by atoms with E-state index in [2.05, 4.69) is 0 Å². The lowest BCUT2D eigenvalue weighted by Crippen LogP contribution is -2.25. The van der Waals surface area contributed by atoms with Crippen molar-refractivity contribution < 1.29 is 19.1 Å². The molecule has 1 atom stereocenters. The summed E-state index contributed by atoms with van der Waals surface area (Å²) in [5.41, 5.74) is 0.551. The Labute approximate surface area is 112 Å². The van der Waals surface area contributed by atoms with Gasteiger partial charge in [0.2, 0.25) is 0 Å². The fourth-order valence-electron chi connectivity index (χ4n) is 1.79. The summed E-state index contributed by atoms with van der Waals surface area (Å²) in [6, 6.07) is 8.79. The van der Waals surface area contributed by atoms with Gasteiger partial charge in [-0.3, -0.25) is 9.59 Å². The number of ketones is 2. The predicted octanol–water partition coefficient (Wildman–Crippen LogP) is 2.15. The Kier molecular flexibility index (Phi) is 3.93. The van der Waals surface area contributed by atoms with Crippen molar-refractivity contribution in [1.29, 1.82) is 0 Å². The van der Waals surface area contributed by atoms with Crippen LogP contribution >= 0.6 is 0 Å². The largest absolute Gasteiger partial charge is 0.347 e. The van der Waals surface area contributed by atoms with Gasteiger partial charge in [-0.25, -0.2) is 0 Å². The lowest BCUT2D eigenvalue weighted by Gasteiger charge is -2.15. The van der Waals surface area contributed by atoms with Crippen LogP contribution in [0.3, 0.4) is 0 Å². The molecule has 1 aliphatic heterocycles. The van der Waals surface area contributed by atoms with Crippen molar-refractivity contribution in [2.24, 2.45) is 0 Å². The lowest BCUT2D eigenvalue weighted by molar-refractivity contribution is -0.149. The Bertz CT molecular complexity index is 502. The molecule has 0 aliphatic carbocycles. The molecular formula is C15H16O4. The molecule has 0 aromatic heterocycles. The summed E-state index contributed by atoms with van der Waals surface area (Å²) in [6.07, 6.45) is 1.90. The summed E-state index contributed by atoms with van der Waals surface area (Å²) in [4.78, 5) is 23.6. The number of benzene rings is 1. The highest BCUT2D eigenvalue weighted by molar-refractivity contribution is 6.08. The number of allylic oxidation sites excluding steroid dienone is 1. The number of carbonyl (C=O) groups excluding carboxylic acids is 2. The first-order valence-corrected chi connectivity index (χ1v) is 6.11. The maximum atomic E-state index is 11.8. The molecule has 0 saturated carbocycles. The Morgan fingerprint density at radius 3 is 2.47 bits per heavy atom. The van der Waals surface area contributed by atoms with Gasteiger partial charge in [0, 0.05) is 5.56 Å². The maximum Gasteiger partial charge on any atom is 0.187 e. The number of hydrogen-bond donors (Lipinski definition) is 0. The van der Waals surface area contributed by atoms with Crippen molar-refractivity contribution in [2.45, 2.75) is 25.7 Å². The molecule has 0 bridgehead atoms. The van der Waals surface area contributed by atoms with Gasteiger partial charge in [0.05, 0.1) is 6.61 Å². The molecule has 1 aliphatic rings. The Balaban J connectivity index is 1.96. The minimum absolute atomic E-state index is 0.202. The summed E-state index contributed by atoms with van der Waals surface area (Å²) in [5.74, 6) is -1.19. The Morgan fingerprint density at radius 1 is 1.21 bits per heavy atom. The second-order valence-electron chi connectivity index (χ2n) is 4.78. The zero-order valence-corrected chi connectivity index (χ0v) is 11.0. The summed E-state index contributed by atoms with van der Waals surface area (Å²) < 4.78 is 10.7. The minimum Gasteiger partial charge on any atom is -0.347 e. The Hall–Kier alpha value is -1.78. The SMILES string of the molecule is CC1(C)OC[C@@H](C(=O)/C=C/C(=O)c2ccccc2)O1. The van der Waals surface area contributed by atoms with E-state index >= 15 is 0 Å². The monoisotopic (exact) mass is 260 g/mol. The van der Waals surface area contributed by atoms with Crippen LogP contribution in [0.2, 0.25) is 0 Å². The maximum absolute atomic E-state index is 11.8. The van der Waals surface area contributed by atoms with Crippen LogP contribution in [0.1, 0.15) is 24.2 Å². The number of hydrogen-bond acceptors (Lipinski definition) is 4. The van der Waals surface area contributed by atoms with Gasteiger partial charge >= 0.3 is 0 Å². The standard InChI is InChI=1S/C15H16O4/c1-15(2)18-10-14(19-15)13(17)9-8-12(16)11-6-4-3-5-7-11/h3-9,14H,10H2,1-2H3/b9-8+/t14-/m0/s1. The zero-order chi connectivity index (χ0) is 13.9. The Morgan fingerprint density at radius 2 is 1.89 bits per heavy atom. The van der Waals surface area contributed by atoms with Crippen LogP contribution in [0, 0.1) is 0 Å². The molecule has 0 radical (unpaired) electrons. The van der Waals surface area contributed by atoms with E-state index in [4.69, 9.17) is 9.47 Å². The van der Waals surface area contributed by atoms with Crippen LogP contribution in [-0.4, -0.2) is 30.1 Å². The third kappa shape index (κ3) is 3.59. The van der Waals surface area contributed by atoms with Gasteiger partial charge < -0.3 is 9.47 Å². The summed E-state index contributed by atoms with van der Waals surface area (Å²) >= 11 is 0. The highest BCUT2D eigenvalue weighted by Crippen LogP contribution is 2.22. The molecule has 1 heterocycles. The topological polar surface area (TPSA) is 52.6 Å². The van der Waals surface area contributed by atoms with Crippen molar-refractivity contribution in [3.8, 4) is 0 Å². The number of carbonyl (C=O) groups is 2. The second-order valence-corrected chi connectivity index (χ2v) is 4.78. The first-order valence-electron chi connectivity index (χ1n) is 6.11. The van der Waals surface area contributed by atoms with Crippen LogP contribution < -0.4 is 0 Å². The molecule has 0 unspecified atom stereocenters. The van der Waals surface area contributed by atoms with Crippen LogP contribution in [0.25, 0.3) is 0 Å². The minimum atomic E-state index is -0.738. The fraction of sp³-hybridized carbons (Fsp3) is 0.333. The highest BCUT2D eigenvalue weighted by atomic mass is 16.7. The van der Waals surface area contributed by atoms with E-state index in [0.717, 1.165) is 0 Å². The molecule has 1 fully saturated rings. The highest BCUT2D eigenvalue weighted by Gasteiger charge is 2.35. The van der Waals surface area contributed by atoms with Gasteiger partial charge in [-0.2, -0.15) is 0 Å². The van der Waals surface area contributed by atoms with Gasteiger partial charge in [0.25, 0.3) is 0 Å². The normalized spacial score (nSPS) is 21.7. The van der Waals surface area contributed by atoms with Crippen molar-refractivity contribution in [2.75, 3.05) is 6.61 Å². The van der Waals surface area contributed by atoms with E-state index in [1.54, 1.807) is 38.1 Å². The smallest absolute Gasteiger partial charge is 0.187 e. The molecule has 2 rings (SSSR count). The molecule has 4 nitrogen and oxygen atoms in total. The van der Waals surface area contributed by atoms with Crippen LogP contribution in [0.15, 0.2) is 42.5 Å². The van der Waals surface area contributed by atoms with E-state index in [1.807, 2.05) is 6.07 Å². The van der Waals surface area contributed by atoms with Gasteiger partial charge in [0.1, 0.15) is 6.10 Å². The zero-order valence-electron chi connectivity index (χ0n) is 11.0. The fourth-order valence-corrected chi connectivity index (χ4v) is 1.79. The summed E-state index contributed by atoms with van der Waals surface area (Å²) in [6.45, 7) is 3.72. The molecule has 1 aromatic carbocycles. The third-order valence-electron chi connectivity index (χ3n) is 2.78. The first-order chi connectivity index (χ1) is 8.98. The number of rotatable bonds is 4. The number of ether oxygens (including phenoxy) is 2. The summed E-state index contributed by atoms with van der Waals surface area (Å²) in [5, 5.41) is 0. The van der Waals surface area contributed by atoms with Gasteiger partial charge in [0.15, 0.2) is 17.4 Å². The van der Waals surface area contributed by atoms with Crippen LogP contribution in [0.4, 0.5) is 0 Å². The second kappa shape index (κ2) is 5.47. The molecule has 0 amide bonds. The lowest BCUT2D eigenvalue weighted by atomic mass is 10.1. The van der Waals surface area contributed by atoms with Crippen molar-refractivity contribution in [3.05, 3.63) is 48.0 Å².